The predicted octanol–water partition coefficient (Wildman–Crippen LogP) is 1.29. The molecule has 0 bridgehead atoms. The summed E-state index contributed by atoms with van der Waals surface area (Å²) in [4.78, 5) is 29.1. The highest BCUT2D eigenvalue weighted by Crippen LogP contribution is 2.26. The number of hydrogen-bond acceptors (Lipinski definition) is 5. The minimum atomic E-state index is -0.511. The van der Waals surface area contributed by atoms with Crippen LogP contribution in [-0.4, -0.2) is 35.3 Å². The number of anilines is 1. The lowest BCUT2D eigenvalue weighted by atomic mass is 10.2. The summed E-state index contributed by atoms with van der Waals surface area (Å²) in [5.41, 5.74) is 0.674. The van der Waals surface area contributed by atoms with Gasteiger partial charge < -0.3 is 9.64 Å². The molecule has 1 aliphatic heterocycles. The molecule has 1 aromatic heterocycles. The van der Waals surface area contributed by atoms with Crippen molar-refractivity contribution in [1.29, 1.82) is 0 Å². The zero-order chi connectivity index (χ0) is 13.1. The molecule has 0 radical (unpaired) electrons. The lowest BCUT2D eigenvalue weighted by Gasteiger charge is -2.18. The number of ether oxygens (including phenoxy) is 1. The van der Waals surface area contributed by atoms with Crippen LogP contribution in [0.5, 0.6) is 0 Å². The molecule has 0 N–H and O–H groups in total. The molecule has 1 aliphatic rings. The standard InChI is InChI=1S/C12H14N2O3S/c1-2-17-12(16)11-9(4-3-5-13-11)14-7-8(18)6-10(14)15/h3-5,8,18H,2,6-7H2,1H3. The Labute approximate surface area is 111 Å². The van der Waals surface area contributed by atoms with Crippen LogP contribution in [0.25, 0.3) is 0 Å². The molecule has 0 aliphatic carbocycles. The van der Waals surface area contributed by atoms with Crippen molar-refractivity contribution in [2.75, 3.05) is 18.1 Å². The molecular formula is C12H14N2O3S. The third-order valence-corrected chi connectivity index (χ3v) is 3.00. The number of pyridine rings is 1. The van der Waals surface area contributed by atoms with Crippen LogP contribution < -0.4 is 4.90 Å². The Hall–Kier alpha value is -1.56. The van der Waals surface area contributed by atoms with E-state index >= 15 is 0 Å². The quantitative estimate of drug-likeness (QED) is 0.661. The van der Waals surface area contributed by atoms with Crippen molar-refractivity contribution in [3.8, 4) is 0 Å². The number of rotatable bonds is 3. The number of esters is 1. The Kier molecular flexibility index (Phi) is 3.86. The first-order valence-electron chi connectivity index (χ1n) is 5.74. The molecule has 96 valence electrons. The van der Waals surface area contributed by atoms with Crippen molar-refractivity contribution < 1.29 is 14.3 Å². The number of hydrogen-bond donors (Lipinski definition) is 1. The van der Waals surface area contributed by atoms with Gasteiger partial charge in [-0.25, -0.2) is 9.78 Å². The van der Waals surface area contributed by atoms with Gasteiger partial charge >= 0.3 is 5.97 Å². The fourth-order valence-electron chi connectivity index (χ4n) is 1.89. The Balaban J connectivity index is 2.33. The number of thiol groups is 1. The smallest absolute Gasteiger partial charge is 0.359 e. The van der Waals surface area contributed by atoms with E-state index in [0.29, 0.717) is 18.7 Å². The molecule has 1 atom stereocenters. The van der Waals surface area contributed by atoms with Crippen molar-refractivity contribution >= 4 is 30.2 Å². The van der Waals surface area contributed by atoms with Crippen LogP contribution in [0.15, 0.2) is 18.3 Å². The van der Waals surface area contributed by atoms with Gasteiger partial charge in [0, 0.05) is 24.4 Å². The largest absolute Gasteiger partial charge is 0.461 e. The van der Waals surface area contributed by atoms with Gasteiger partial charge in [-0.2, -0.15) is 12.6 Å². The lowest BCUT2D eigenvalue weighted by molar-refractivity contribution is -0.117. The summed E-state index contributed by atoms with van der Waals surface area (Å²) in [7, 11) is 0. The summed E-state index contributed by atoms with van der Waals surface area (Å²) in [5.74, 6) is -0.558. The molecule has 1 amide bonds. The predicted molar refractivity (Wildman–Crippen MR) is 69.9 cm³/mol. The highest BCUT2D eigenvalue weighted by Gasteiger charge is 2.31. The van der Waals surface area contributed by atoms with Gasteiger partial charge in [-0.15, -0.1) is 0 Å². The average molecular weight is 266 g/mol. The molecule has 5 nitrogen and oxygen atoms in total. The summed E-state index contributed by atoms with van der Waals surface area (Å²) in [5, 5.41) is -0.00671. The van der Waals surface area contributed by atoms with Crippen molar-refractivity contribution in [3.63, 3.8) is 0 Å². The van der Waals surface area contributed by atoms with Crippen molar-refractivity contribution in [2.24, 2.45) is 0 Å². The third kappa shape index (κ3) is 2.48. The van der Waals surface area contributed by atoms with Crippen LogP contribution in [-0.2, 0) is 9.53 Å². The average Bonchev–Trinajstić information content (AvgIpc) is 2.69. The van der Waals surface area contributed by atoms with E-state index in [4.69, 9.17) is 4.74 Å². The first kappa shape index (κ1) is 12.9. The molecule has 1 aromatic rings. The maximum atomic E-state index is 11.8. The van der Waals surface area contributed by atoms with Crippen molar-refractivity contribution in [2.45, 2.75) is 18.6 Å². The van der Waals surface area contributed by atoms with Crippen LogP contribution >= 0.6 is 12.6 Å². The molecule has 2 rings (SSSR count). The van der Waals surface area contributed by atoms with E-state index in [0.717, 1.165) is 0 Å². The highest BCUT2D eigenvalue weighted by atomic mass is 32.1. The van der Waals surface area contributed by atoms with Crippen molar-refractivity contribution in [1.82, 2.24) is 4.98 Å². The first-order chi connectivity index (χ1) is 8.63. The van der Waals surface area contributed by atoms with Crippen LogP contribution in [0.1, 0.15) is 23.8 Å². The summed E-state index contributed by atoms with van der Waals surface area (Å²) in [6, 6.07) is 3.39. The Bertz CT molecular complexity index is 478. The van der Waals surface area contributed by atoms with Gasteiger partial charge in [-0.3, -0.25) is 4.79 Å². The van der Waals surface area contributed by atoms with Gasteiger partial charge in [0.05, 0.1) is 12.3 Å². The fraction of sp³-hybridized carbons (Fsp3) is 0.417. The Morgan fingerprint density at radius 2 is 2.44 bits per heavy atom. The topological polar surface area (TPSA) is 59.5 Å². The lowest BCUT2D eigenvalue weighted by Crippen LogP contribution is -2.27. The minimum Gasteiger partial charge on any atom is -0.461 e. The molecule has 1 saturated heterocycles. The van der Waals surface area contributed by atoms with E-state index < -0.39 is 5.97 Å². The summed E-state index contributed by atoms with van der Waals surface area (Å²) in [6.45, 7) is 2.49. The number of carbonyl (C=O) groups excluding carboxylic acids is 2. The maximum absolute atomic E-state index is 11.8. The molecule has 0 spiro atoms. The normalized spacial score (nSPS) is 19.1. The van der Waals surface area contributed by atoms with Crippen LogP contribution in [0, 0.1) is 0 Å². The second-order valence-electron chi connectivity index (χ2n) is 3.95. The van der Waals surface area contributed by atoms with E-state index in [1.54, 1.807) is 19.1 Å². The number of carbonyl (C=O) groups is 2. The number of amides is 1. The summed E-state index contributed by atoms with van der Waals surface area (Å²) in [6.07, 6.45) is 1.88. The molecule has 2 heterocycles. The van der Waals surface area contributed by atoms with Gasteiger partial charge in [0.1, 0.15) is 0 Å². The minimum absolute atomic E-state index is 0.00671. The zero-order valence-corrected chi connectivity index (χ0v) is 10.9. The SMILES string of the molecule is CCOC(=O)c1ncccc1N1CC(S)CC1=O. The maximum Gasteiger partial charge on any atom is 0.359 e. The molecule has 6 heteroatoms. The Morgan fingerprint density at radius 1 is 1.67 bits per heavy atom. The van der Waals surface area contributed by atoms with Crippen LogP contribution in [0.2, 0.25) is 0 Å². The number of nitrogens with zero attached hydrogens (tertiary/aromatic N) is 2. The van der Waals surface area contributed by atoms with Gasteiger partial charge in [-0.1, -0.05) is 0 Å². The highest BCUT2D eigenvalue weighted by molar-refractivity contribution is 7.81. The molecule has 1 unspecified atom stereocenters. The van der Waals surface area contributed by atoms with E-state index in [2.05, 4.69) is 17.6 Å². The summed E-state index contributed by atoms with van der Waals surface area (Å²) < 4.78 is 4.93. The number of aromatic nitrogens is 1. The van der Waals surface area contributed by atoms with E-state index in [1.165, 1.54) is 11.1 Å². The molecule has 0 aromatic carbocycles. The summed E-state index contributed by atoms with van der Waals surface area (Å²) >= 11 is 4.29. The fourth-order valence-corrected chi connectivity index (χ4v) is 2.21. The van der Waals surface area contributed by atoms with E-state index in [1.807, 2.05) is 0 Å². The van der Waals surface area contributed by atoms with E-state index in [9.17, 15) is 9.59 Å². The van der Waals surface area contributed by atoms with E-state index in [-0.39, 0.29) is 23.5 Å². The van der Waals surface area contributed by atoms with Gasteiger partial charge in [0.15, 0.2) is 5.69 Å². The third-order valence-electron chi connectivity index (χ3n) is 2.65. The van der Waals surface area contributed by atoms with Crippen LogP contribution in [0.4, 0.5) is 5.69 Å². The van der Waals surface area contributed by atoms with Gasteiger partial charge in [-0.05, 0) is 19.1 Å². The molecular weight excluding hydrogens is 252 g/mol. The second-order valence-corrected chi connectivity index (χ2v) is 4.68. The molecule has 1 fully saturated rings. The zero-order valence-electron chi connectivity index (χ0n) is 10.00. The second kappa shape index (κ2) is 5.39. The Morgan fingerprint density at radius 3 is 3.06 bits per heavy atom. The molecule has 0 saturated carbocycles. The van der Waals surface area contributed by atoms with Gasteiger partial charge in [0.25, 0.3) is 0 Å². The van der Waals surface area contributed by atoms with Crippen LogP contribution in [0.3, 0.4) is 0 Å². The monoisotopic (exact) mass is 266 g/mol. The first-order valence-corrected chi connectivity index (χ1v) is 6.25. The van der Waals surface area contributed by atoms with Crippen molar-refractivity contribution in [3.05, 3.63) is 24.0 Å². The van der Waals surface area contributed by atoms with Gasteiger partial charge in [0.2, 0.25) is 5.91 Å². The molecule has 18 heavy (non-hydrogen) atoms.